The highest BCUT2D eigenvalue weighted by molar-refractivity contribution is 7.09. The molecule has 28 heavy (non-hydrogen) atoms. The largest absolute Gasteiger partial charge is 0.454 e. The number of ether oxygens (including phenoxy) is 3. The number of hydrogen-bond donors (Lipinski definition) is 0. The van der Waals surface area contributed by atoms with E-state index in [-0.39, 0.29) is 19.0 Å². The Hall–Kier alpha value is -2.41. The lowest BCUT2D eigenvalue weighted by molar-refractivity contribution is -0.0920. The molecule has 2 atom stereocenters. The van der Waals surface area contributed by atoms with Crippen LogP contribution in [0.1, 0.15) is 33.9 Å². The minimum Gasteiger partial charge on any atom is -0.454 e. The number of benzene rings is 2. The predicted molar refractivity (Wildman–Crippen MR) is 108 cm³/mol. The Morgan fingerprint density at radius 3 is 2.57 bits per heavy atom. The van der Waals surface area contributed by atoms with Crippen LogP contribution in [0.15, 0.2) is 54.0 Å². The lowest BCUT2D eigenvalue weighted by atomic mass is 10.0. The van der Waals surface area contributed by atoms with E-state index in [4.69, 9.17) is 14.2 Å². The topological polar surface area (TPSA) is 43.8 Å². The molecule has 0 bridgehead atoms. The molecule has 3 heterocycles. The predicted octanol–water partition coefficient (Wildman–Crippen LogP) is 4.50. The molecule has 2 aliphatic heterocycles. The Balaban J connectivity index is 1.43. The second kappa shape index (κ2) is 7.54. The Morgan fingerprint density at radius 1 is 1.00 bits per heavy atom. The maximum atomic E-state index is 6.55. The summed E-state index contributed by atoms with van der Waals surface area (Å²) in [7, 11) is 0. The summed E-state index contributed by atoms with van der Waals surface area (Å²) in [5, 5.41) is 0. The van der Waals surface area contributed by atoms with Gasteiger partial charge in [0.2, 0.25) is 6.79 Å². The van der Waals surface area contributed by atoms with Crippen LogP contribution in [0, 0.1) is 6.92 Å². The molecule has 0 aliphatic carbocycles. The summed E-state index contributed by atoms with van der Waals surface area (Å²) in [6.07, 6.45) is 0.000263. The van der Waals surface area contributed by atoms with Crippen molar-refractivity contribution in [2.45, 2.75) is 25.7 Å². The van der Waals surface area contributed by atoms with E-state index in [1.165, 1.54) is 10.4 Å². The summed E-state index contributed by atoms with van der Waals surface area (Å²) in [6.45, 7) is 4.96. The van der Waals surface area contributed by atoms with Crippen molar-refractivity contribution < 1.29 is 14.2 Å². The summed E-state index contributed by atoms with van der Waals surface area (Å²) in [5.74, 6) is 1.60. The fourth-order valence-corrected chi connectivity index (χ4v) is 4.61. The van der Waals surface area contributed by atoms with E-state index < -0.39 is 0 Å². The van der Waals surface area contributed by atoms with Crippen LogP contribution in [0.3, 0.4) is 0 Å². The van der Waals surface area contributed by atoms with Gasteiger partial charge in [-0.3, -0.25) is 4.90 Å². The van der Waals surface area contributed by atoms with E-state index in [1.807, 2.05) is 17.6 Å². The van der Waals surface area contributed by atoms with Crippen molar-refractivity contribution in [3.8, 4) is 11.5 Å². The molecule has 0 N–H and O–H groups in total. The number of morpholine rings is 1. The van der Waals surface area contributed by atoms with Crippen LogP contribution in [0.4, 0.5) is 0 Å². The van der Waals surface area contributed by atoms with Crippen molar-refractivity contribution in [2.75, 3.05) is 19.9 Å². The quantitative estimate of drug-likeness (QED) is 0.652. The molecule has 5 nitrogen and oxygen atoms in total. The fraction of sp³-hybridized carbons (Fsp3) is 0.318. The lowest BCUT2D eigenvalue weighted by Gasteiger charge is -2.38. The third kappa shape index (κ3) is 3.51. The zero-order valence-electron chi connectivity index (χ0n) is 15.7. The zero-order chi connectivity index (χ0) is 18.9. The van der Waals surface area contributed by atoms with E-state index >= 15 is 0 Å². The first-order valence-electron chi connectivity index (χ1n) is 9.47. The van der Waals surface area contributed by atoms with E-state index in [0.717, 1.165) is 42.4 Å². The summed E-state index contributed by atoms with van der Waals surface area (Å²) >= 11 is 1.72. The number of hydrogen-bond acceptors (Lipinski definition) is 6. The SMILES string of the molecule is Cc1ncsc1CN1C[C@@H](c2ccccc2)O[C@@H](c2ccc3c(c2)OCO3)C1. The average Bonchev–Trinajstić information content (AvgIpc) is 3.37. The minimum absolute atomic E-state index is 0.0262. The smallest absolute Gasteiger partial charge is 0.231 e. The molecule has 0 saturated carbocycles. The second-order valence-corrected chi connectivity index (χ2v) is 8.13. The van der Waals surface area contributed by atoms with Gasteiger partial charge in [-0.05, 0) is 30.2 Å². The van der Waals surface area contributed by atoms with Gasteiger partial charge in [0.1, 0.15) is 0 Å². The first-order valence-corrected chi connectivity index (χ1v) is 10.4. The molecule has 6 heteroatoms. The Bertz CT molecular complexity index is 959. The molecule has 0 radical (unpaired) electrons. The molecule has 0 unspecified atom stereocenters. The normalized spacial score (nSPS) is 21.8. The summed E-state index contributed by atoms with van der Waals surface area (Å²) < 4.78 is 17.6. The molecule has 0 spiro atoms. The third-order valence-electron chi connectivity index (χ3n) is 5.33. The first kappa shape index (κ1) is 17.7. The van der Waals surface area contributed by atoms with Gasteiger partial charge in [0.05, 0.1) is 23.4 Å². The number of rotatable bonds is 4. The molecule has 1 aromatic heterocycles. The van der Waals surface area contributed by atoms with Crippen molar-refractivity contribution in [1.82, 2.24) is 9.88 Å². The monoisotopic (exact) mass is 394 g/mol. The molecular formula is C22H22N2O3S. The van der Waals surface area contributed by atoms with Gasteiger partial charge >= 0.3 is 0 Å². The number of nitrogens with zero attached hydrogens (tertiary/aromatic N) is 2. The third-order valence-corrected chi connectivity index (χ3v) is 6.25. The van der Waals surface area contributed by atoms with E-state index in [2.05, 4.69) is 53.2 Å². The highest BCUT2D eigenvalue weighted by Gasteiger charge is 2.31. The maximum absolute atomic E-state index is 6.55. The maximum Gasteiger partial charge on any atom is 0.231 e. The van der Waals surface area contributed by atoms with E-state index in [0.29, 0.717) is 0 Å². The van der Waals surface area contributed by atoms with Crippen LogP contribution in [0.2, 0.25) is 0 Å². The van der Waals surface area contributed by atoms with Crippen LogP contribution in [-0.4, -0.2) is 29.8 Å². The summed E-state index contributed by atoms with van der Waals surface area (Å²) in [6, 6.07) is 16.6. The van der Waals surface area contributed by atoms with E-state index in [1.54, 1.807) is 11.3 Å². The number of aromatic nitrogens is 1. The molecule has 3 aromatic rings. The number of thiazole rings is 1. The van der Waals surface area contributed by atoms with E-state index in [9.17, 15) is 0 Å². The summed E-state index contributed by atoms with van der Waals surface area (Å²) in [5.41, 5.74) is 5.37. The average molecular weight is 394 g/mol. The van der Waals surface area contributed by atoms with Gasteiger partial charge in [-0.25, -0.2) is 4.98 Å². The van der Waals surface area contributed by atoms with Crippen LogP contribution in [-0.2, 0) is 11.3 Å². The minimum atomic E-state index is -0.0262. The Morgan fingerprint density at radius 2 is 1.79 bits per heavy atom. The molecule has 1 saturated heterocycles. The zero-order valence-corrected chi connectivity index (χ0v) is 16.5. The van der Waals surface area contributed by atoms with Gasteiger partial charge < -0.3 is 14.2 Å². The van der Waals surface area contributed by atoms with Gasteiger partial charge in [0.25, 0.3) is 0 Å². The molecule has 2 aliphatic rings. The second-order valence-electron chi connectivity index (χ2n) is 7.19. The van der Waals surface area contributed by atoms with Gasteiger partial charge in [0.15, 0.2) is 11.5 Å². The number of fused-ring (bicyclic) bond motifs is 1. The van der Waals surface area contributed by atoms with Crippen LogP contribution in [0.5, 0.6) is 11.5 Å². The van der Waals surface area contributed by atoms with Crippen molar-refractivity contribution in [3.63, 3.8) is 0 Å². The lowest BCUT2D eigenvalue weighted by Crippen LogP contribution is -2.39. The van der Waals surface area contributed by atoms with Crippen LogP contribution < -0.4 is 9.47 Å². The highest BCUT2D eigenvalue weighted by atomic mass is 32.1. The Labute approximate surface area is 168 Å². The molecule has 5 rings (SSSR count). The molecule has 144 valence electrons. The highest BCUT2D eigenvalue weighted by Crippen LogP contribution is 2.39. The van der Waals surface area contributed by atoms with Crippen LogP contribution >= 0.6 is 11.3 Å². The van der Waals surface area contributed by atoms with Crippen LogP contribution in [0.25, 0.3) is 0 Å². The van der Waals surface area contributed by atoms with Crippen molar-refractivity contribution in [1.29, 1.82) is 0 Å². The standard InChI is InChI=1S/C22H22N2O3S/c1-15-22(28-13-23-15)12-24-10-20(16-5-3-2-4-6-16)27-21(11-24)17-7-8-18-19(9-17)26-14-25-18/h2-9,13,20-21H,10-12,14H2,1H3/t20-,21+/m0/s1. The fourth-order valence-electron chi connectivity index (χ4n) is 3.79. The Kier molecular flexibility index (Phi) is 4.76. The van der Waals surface area contributed by atoms with Crippen molar-refractivity contribution >= 4 is 11.3 Å². The first-order chi connectivity index (χ1) is 13.8. The van der Waals surface area contributed by atoms with Gasteiger partial charge in [0, 0.05) is 24.5 Å². The van der Waals surface area contributed by atoms with Gasteiger partial charge in [-0.15, -0.1) is 11.3 Å². The van der Waals surface area contributed by atoms with Gasteiger partial charge in [-0.1, -0.05) is 36.4 Å². The molecule has 0 amide bonds. The van der Waals surface area contributed by atoms with Crippen molar-refractivity contribution in [3.05, 3.63) is 75.7 Å². The van der Waals surface area contributed by atoms with Crippen molar-refractivity contribution in [2.24, 2.45) is 0 Å². The summed E-state index contributed by atoms with van der Waals surface area (Å²) in [4.78, 5) is 8.19. The van der Waals surface area contributed by atoms with Gasteiger partial charge in [-0.2, -0.15) is 0 Å². The molecular weight excluding hydrogens is 372 g/mol. The molecule has 2 aromatic carbocycles. The molecule has 1 fully saturated rings. The number of aryl methyl sites for hydroxylation is 1.